The molecular formula is C11H13BrClNO. The van der Waals surface area contributed by atoms with Crippen molar-refractivity contribution in [2.24, 2.45) is 5.73 Å². The van der Waals surface area contributed by atoms with Crippen molar-refractivity contribution in [3.05, 3.63) is 39.8 Å². The second-order valence-electron chi connectivity index (χ2n) is 3.26. The van der Waals surface area contributed by atoms with E-state index in [1.165, 1.54) is 0 Å². The maximum atomic E-state index is 9.78. The van der Waals surface area contributed by atoms with Gasteiger partial charge in [0.05, 0.1) is 5.02 Å². The van der Waals surface area contributed by atoms with Crippen molar-refractivity contribution in [2.75, 3.05) is 0 Å². The van der Waals surface area contributed by atoms with Gasteiger partial charge in [0.1, 0.15) is 5.75 Å². The Morgan fingerprint density at radius 2 is 2.27 bits per heavy atom. The Kier molecular flexibility index (Phi) is 4.64. The summed E-state index contributed by atoms with van der Waals surface area (Å²) in [5.74, 6) is 0.0580. The highest BCUT2D eigenvalue weighted by Crippen LogP contribution is 2.37. The highest BCUT2D eigenvalue weighted by Gasteiger charge is 2.16. The minimum absolute atomic E-state index is 0.0580. The van der Waals surface area contributed by atoms with Gasteiger partial charge >= 0.3 is 0 Å². The Morgan fingerprint density at radius 3 is 2.87 bits per heavy atom. The summed E-state index contributed by atoms with van der Waals surface area (Å²) in [5, 5.41) is 10.1. The molecule has 0 aliphatic carbocycles. The first-order valence-corrected chi connectivity index (χ1v) is 5.78. The van der Waals surface area contributed by atoms with Gasteiger partial charge in [-0.2, -0.15) is 0 Å². The summed E-state index contributed by atoms with van der Waals surface area (Å²) < 4.78 is 0.779. The van der Waals surface area contributed by atoms with Crippen molar-refractivity contribution in [3.8, 4) is 5.75 Å². The van der Waals surface area contributed by atoms with Gasteiger partial charge in [-0.3, -0.25) is 0 Å². The quantitative estimate of drug-likeness (QED) is 0.829. The molecule has 0 heterocycles. The lowest BCUT2D eigenvalue weighted by atomic mass is 10.0. The lowest BCUT2D eigenvalue weighted by molar-refractivity contribution is 0.458. The van der Waals surface area contributed by atoms with Gasteiger partial charge in [0.2, 0.25) is 0 Å². The molecule has 3 N–H and O–H groups in total. The zero-order valence-electron chi connectivity index (χ0n) is 8.21. The minimum Gasteiger partial charge on any atom is -0.506 e. The first-order valence-electron chi connectivity index (χ1n) is 4.61. The smallest absolute Gasteiger partial charge is 0.140 e. The van der Waals surface area contributed by atoms with Gasteiger partial charge in [-0.1, -0.05) is 33.6 Å². The molecule has 82 valence electrons. The fourth-order valence-corrected chi connectivity index (χ4v) is 2.13. The van der Waals surface area contributed by atoms with Gasteiger partial charge in [0.25, 0.3) is 0 Å². The zero-order valence-corrected chi connectivity index (χ0v) is 10.6. The summed E-state index contributed by atoms with van der Waals surface area (Å²) in [6.45, 7) is 3.63. The molecule has 0 spiro atoms. The Labute approximate surface area is 103 Å². The molecule has 2 nitrogen and oxygen atoms in total. The summed E-state index contributed by atoms with van der Waals surface area (Å²) in [7, 11) is 0. The van der Waals surface area contributed by atoms with E-state index in [-0.39, 0.29) is 11.8 Å². The molecule has 4 heteroatoms. The van der Waals surface area contributed by atoms with Crippen molar-refractivity contribution < 1.29 is 5.11 Å². The number of phenols is 1. The molecule has 0 saturated heterocycles. The average molecular weight is 291 g/mol. The molecule has 0 unspecified atom stereocenters. The first kappa shape index (κ1) is 12.6. The lowest BCUT2D eigenvalue weighted by Gasteiger charge is -2.15. The summed E-state index contributed by atoms with van der Waals surface area (Å²) in [4.78, 5) is 0. The van der Waals surface area contributed by atoms with E-state index >= 15 is 0 Å². The van der Waals surface area contributed by atoms with Gasteiger partial charge < -0.3 is 10.8 Å². The van der Waals surface area contributed by atoms with Crippen LogP contribution in [0, 0.1) is 0 Å². The largest absolute Gasteiger partial charge is 0.506 e. The van der Waals surface area contributed by atoms with E-state index in [1.807, 2.05) is 0 Å². The van der Waals surface area contributed by atoms with Crippen LogP contribution in [0.5, 0.6) is 5.75 Å². The molecule has 0 amide bonds. The normalized spacial score (nSPS) is 12.5. The minimum atomic E-state index is -0.240. The second kappa shape index (κ2) is 5.54. The molecule has 1 aromatic rings. The topological polar surface area (TPSA) is 46.2 Å². The lowest BCUT2D eigenvalue weighted by Crippen LogP contribution is -2.10. The third-order valence-electron chi connectivity index (χ3n) is 2.17. The Morgan fingerprint density at radius 1 is 1.60 bits per heavy atom. The molecule has 15 heavy (non-hydrogen) atoms. The van der Waals surface area contributed by atoms with Crippen LogP contribution in [0.3, 0.4) is 0 Å². The molecule has 1 rings (SSSR count). The zero-order chi connectivity index (χ0) is 11.4. The summed E-state index contributed by atoms with van der Waals surface area (Å²) in [6.07, 6.45) is 3.34. The van der Waals surface area contributed by atoms with E-state index in [4.69, 9.17) is 17.3 Å². The molecule has 0 bridgehead atoms. The van der Waals surface area contributed by atoms with Crippen LogP contribution in [-0.4, -0.2) is 5.11 Å². The maximum absolute atomic E-state index is 9.78. The molecule has 0 saturated carbocycles. The summed E-state index contributed by atoms with van der Waals surface area (Å²) >= 11 is 9.17. The maximum Gasteiger partial charge on any atom is 0.140 e. The van der Waals surface area contributed by atoms with Crippen LogP contribution in [0.15, 0.2) is 29.3 Å². The van der Waals surface area contributed by atoms with Gasteiger partial charge in [-0.25, -0.2) is 0 Å². The van der Waals surface area contributed by atoms with Crippen molar-refractivity contribution in [3.63, 3.8) is 0 Å². The van der Waals surface area contributed by atoms with Crippen LogP contribution in [0.25, 0.3) is 0 Å². The number of rotatable bonds is 4. The molecule has 1 aromatic carbocycles. The van der Waals surface area contributed by atoms with Gasteiger partial charge in [-0.05, 0) is 25.0 Å². The number of halogens is 2. The molecule has 0 aliphatic rings. The van der Waals surface area contributed by atoms with Crippen LogP contribution < -0.4 is 5.73 Å². The van der Waals surface area contributed by atoms with Crippen molar-refractivity contribution in [2.45, 2.75) is 18.9 Å². The number of hydrogen-bond acceptors (Lipinski definition) is 2. The van der Waals surface area contributed by atoms with Gasteiger partial charge in [-0.15, -0.1) is 6.58 Å². The van der Waals surface area contributed by atoms with Crippen LogP contribution in [0.1, 0.15) is 24.4 Å². The van der Waals surface area contributed by atoms with Crippen molar-refractivity contribution >= 4 is 27.5 Å². The number of aromatic hydroxyl groups is 1. The Balaban J connectivity index is 3.01. The Hall–Kier alpha value is -0.510. The Bertz CT molecular complexity index is 368. The molecule has 0 fully saturated rings. The number of nitrogens with two attached hydrogens (primary N) is 1. The molecule has 1 atom stereocenters. The van der Waals surface area contributed by atoms with E-state index < -0.39 is 0 Å². The highest BCUT2D eigenvalue weighted by molar-refractivity contribution is 9.10. The fourth-order valence-electron chi connectivity index (χ4n) is 1.35. The van der Waals surface area contributed by atoms with E-state index in [0.29, 0.717) is 10.6 Å². The first-order chi connectivity index (χ1) is 7.07. The average Bonchev–Trinajstić information content (AvgIpc) is 2.21. The van der Waals surface area contributed by atoms with E-state index in [1.54, 1.807) is 18.2 Å². The number of benzene rings is 1. The van der Waals surface area contributed by atoms with Crippen molar-refractivity contribution in [1.82, 2.24) is 0 Å². The molecular weight excluding hydrogens is 277 g/mol. The SMILES string of the molecule is C=CCC[C@@H](N)c1c(Br)ccc(Cl)c1O. The molecule has 0 radical (unpaired) electrons. The summed E-state index contributed by atoms with van der Waals surface area (Å²) in [5.41, 5.74) is 6.61. The van der Waals surface area contributed by atoms with E-state index in [2.05, 4.69) is 22.5 Å². The number of hydrogen-bond donors (Lipinski definition) is 2. The molecule has 0 aromatic heterocycles. The second-order valence-corrected chi connectivity index (χ2v) is 4.53. The molecule has 0 aliphatic heterocycles. The summed E-state index contributed by atoms with van der Waals surface area (Å²) in [6, 6.07) is 3.17. The van der Waals surface area contributed by atoms with Gasteiger partial charge in [0.15, 0.2) is 0 Å². The van der Waals surface area contributed by atoms with Crippen molar-refractivity contribution in [1.29, 1.82) is 0 Å². The van der Waals surface area contributed by atoms with Crippen LogP contribution in [-0.2, 0) is 0 Å². The third kappa shape index (κ3) is 2.97. The highest BCUT2D eigenvalue weighted by atomic mass is 79.9. The monoisotopic (exact) mass is 289 g/mol. The fraction of sp³-hybridized carbons (Fsp3) is 0.273. The number of phenolic OH excluding ortho intramolecular Hbond substituents is 1. The van der Waals surface area contributed by atoms with Crippen LogP contribution >= 0.6 is 27.5 Å². The third-order valence-corrected chi connectivity index (χ3v) is 3.16. The number of allylic oxidation sites excluding steroid dienone is 1. The van der Waals surface area contributed by atoms with Crippen LogP contribution in [0.4, 0.5) is 0 Å². The van der Waals surface area contributed by atoms with Crippen LogP contribution in [0.2, 0.25) is 5.02 Å². The standard InChI is InChI=1S/C11H13BrClNO/c1-2-3-4-9(14)10-7(12)5-6-8(13)11(10)15/h2,5-6,9,15H,1,3-4,14H2/t9-/m1/s1. The predicted molar refractivity (Wildman–Crippen MR) is 67.2 cm³/mol. The predicted octanol–water partition coefficient (Wildman–Crippen LogP) is 3.77. The van der Waals surface area contributed by atoms with Gasteiger partial charge in [0, 0.05) is 16.1 Å². The van der Waals surface area contributed by atoms with E-state index in [9.17, 15) is 5.11 Å². The van der Waals surface area contributed by atoms with E-state index in [0.717, 1.165) is 17.3 Å².